The Labute approximate surface area is 108 Å². The van der Waals surface area contributed by atoms with Crippen molar-refractivity contribution < 1.29 is 9.31 Å². The van der Waals surface area contributed by atoms with E-state index in [2.05, 4.69) is 9.98 Å². The second-order valence-electron chi connectivity index (χ2n) is 5.84. The van der Waals surface area contributed by atoms with E-state index in [1.807, 2.05) is 46.2 Å². The van der Waals surface area contributed by atoms with Crippen LogP contribution in [0.3, 0.4) is 0 Å². The van der Waals surface area contributed by atoms with Crippen molar-refractivity contribution in [1.29, 1.82) is 0 Å². The van der Waals surface area contributed by atoms with E-state index < -0.39 is 0 Å². The summed E-state index contributed by atoms with van der Waals surface area (Å²) in [6, 6.07) is 2.01. The Morgan fingerprint density at radius 3 is 2.50 bits per heavy atom. The minimum absolute atomic E-state index is 0.319. The topological polar surface area (TPSA) is 43.7 Å². The third-order valence-electron chi connectivity index (χ3n) is 4.01. The Balaban J connectivity index is 1.91. The number of aliphatic imine (C=N–C) groups is 1. The van der Waals surface area contributed by atoms with Gasteiger partial charge in [-0.1, -0.05) is 0 Å². The Kier molecular flexibility index (Phi) is 2.41. The van der Waals surface area contributed by atoms with E-state index in [-0.39, 0.29) is 18.3 Å². The molecule has 1 aromatic heterocycles. The van der Waals surface area contributed by atoms with Crippen LogP contribution in [0.4, 0.5) is 5.69 Å². The second-order valence-corrected chi connectivity index (χ2v) is 5.84. The molecule has 0 amide bonds. The Morgan fingerprint density at radius 1 is 1.17 bits per heavy atom. The lowest BCUT2D eigenvalue weighted by Crippen LogP contribution is -2.41. The van der Waals surface area contributed by atoms with Gasteiger partial charge >= 0.3 is 7.12 Å². The molecule has 0 N–H and O–H groups in total. The molecular weight excluding hydrogens is 227 g/mol. The maximum Gasteiger partial charge on any atom is 0.496 e. The maximum atomic E-state index is 6.00. The molecule has 3 rings (SSSR count). The highest BCUT2D eigenvalue weighted by molar-refractivity contribution is 6.62. The Morgan fingerprint density at radius 2 is 1.83 bits per heavy atom. The molecule has 5 heteroatoms. The van der Waals surface area contributed by atoms with Crippen LogP contribution in [0.15, 0.2) is 17.3 Å². The first-order valence-corrected chi connectivity index (χ1v) is 6.26. The number of pyridine rings is 1. The number of fused-ring (bicyclic) bond motifs is 1. The maximum absolute atomic E-state index is 6.00. The van der Waals surface area contributed by atoms with Crippen LogP contribution in [0.25, 0.3) is 0 Å². The molecule has 0 bridgehead atoms. The van der Waals surface area contributed by atoms with Crippen LogP contribution >= 0.6 is 0 Å². The minimum atomic E-state index is -0.358. The van der Waals surface area contributed by atoms with Crippen LogP contribution in [0.1, 0.15) is 33.4 Å². The molecule has 0 spiro atoms. The lowest BCUT2D eigenvalue weighted by atomic mass is 9.80. The van der Waals surface area contributed by atoms with Gasteiger partial charge in [-0.3, -0.25) is 9.98 Å². The van der Waals surface area contributed by atoms with E-state index in [0.29, 0.717) is 0 Å². The van der Waals surface area contributed by atoms with Gasteiger partial charge in [-0.25, -0.2) is 0 Å². The van der Waals surface area contributed by atoms with Gasteiger partial charge in [0.25, 0.3) is 0 Å². The fourth-order valence-corrected chi connectivity index (χ4v) is 2.10. The summed E-state index contributed by atoms with van der Waals surface area (Å²) in [7, 11) is -0.358. The highest BCUT2D eigenvalue weighted by Crippen LogP contribution is 2.36. The summed E-state index contributed by atoms with van der Waals surface area (Å²) in [5, 5.41) is 0. The summed E-state index contributed by atoms with van der Waals surface area (Å²) in [6.45, 7) is 8.19. The highest BCUT2D eigenvalue weighted by Gasteiger charge is 2.51. The fourth-order valence-electron chi connectivity index (χ4n) is 2.10. The average Bonchev–Trinajstić information content (AvgIpc) is 2.80. The summed E-state index contributed by atoms with van der Waals surface area (Å²) < 4.78 is 12.0. The zero-order chi connectivity index (χ0) is 13.0. The summed E-state index contributed by atoms with van der Waals surface area (Å²) in [5.74, 6) is 0. The first kappa shape index (κ1) is 11.9. The molecule has 0 radical (unpaired) electrons. The lowest BCUT2D eigenvalue weighted by Gasteiger charge is -2.32. The lowest BCUT2D eigenvalue weighted by molar-refractivity contribution is 0.00578. The monoisotopic (exact) mass is 244 g/mol. The molecule has 1 saturated heterocycles. The van der Waals surface area contributed by atoms with Gasteiger partial charge in [-0.05, 0) is 33.8 Å². The van der Waals surface area contributed by atoms with Crippen molar-refractivity contribution in [2.24, 2.45) is 4.99 Å². The van der Waals surface area contributed by atoms with Crippen molar-refractivity contribution >= 4 is 24.5 Å². The van der Waals surface area contributed by atoms with E-state index in [0.717, 1.165) is 23.3 Å². The van der Waals surface area contributed by atoms with Crippen LogP contribution in [0.2, 0.25) is 0 Å². The number of rotatable bonds is 1. The van der Waals surface area contributed by atoms with Gasteiger partial charge in [-0.2, -0.15) is 0 Å². The largest absolute Gasteiger partial charge is 0.496 e. The molecule has 0 unspecified atom stereocenters. The standard InChI is InChI=1S/C13H17BN2O2/c1-12(2)13(3,4)18-14(17-12)9-7-11-10(16-8-9)5-6-15-11/h6-8H,5H2,1-4H3. The molecule has 4 nitrogen and oxygen atoms in total. The molecule has 0 aromatic carbocycles. The molecule has 1 aromatic rings. The van der Waals surface area contributed by atoms with Crippen molar-refractivity contribution in [1.82, 2.24) is 4.98 Å². The SMILES string of the molecule is CC1(C)OB(c2cnc3c(c2)N=CC3)OC1(C)C. The van der Waals surface area contributed by atoms with Gasteiger partial charge in [-0.15, -0.1) is 0 Å². The number of aromatic nitrogens is 1. The van der Waals surface area contributed by atoms with Crippen LogP contribution in [0, 0.1) is 0 Å². The van der Waals surface area contributed by atoms with Gasteiger partial charge in [0.15, 0.2) is 0 Å². The second kappa shape index (κ2) is 3.65. The zero-order valence-electron chi connectivity index (χ0n) is 11.2. The molecule has 2 aliphatic heterocycles. The molecular formula is C13H17BN2O2. The van der Waals surface area contributed by atoms with Crippen molar-refractivity contribution in [3.05, 3.63) is 18.0 Å². The minimum Gasteiger partial charge on any atom is -0.399 e. The van der Waals surface area contributed by atoms with Crippen molar-refractivity contribution in [2.45, 2.75) is 45.3 Å². The number of nitrogens with zero attached hydrogens (tertiary/aromatic N) is 2. The van der Waals surface area contributed by atoms with E-state index in [1.165, 1.54) is 0 Å². The normalized spacial score (nSPS) is 23.4. The third kappa shape index (κ3) is 1.69. The summed E-state index contributed by atoms with van der Waals surface area (Å²) >= 11 is 0. The Hall–Kier alpha value is -1.20. The molecule has 3 heterocycles. The molecule has 2 aliphatic rings. The predicted molar refractivity (Wildman–Crippen MR) is 71.8 cm³/mol. The third-order valence-corrected chi connectivity index (χ3v) is 4.01. The van der Waals surface area contributed by atoms with E-state index in [1.54, 1.807) is 0 Å². The highest BCUT2D eigenvalue weighted by atomic mass is 16.7. The molecule has 0 atom stereocenters. The number of hydrogen-bond acceptors (Lipinski definition) is 4. The molecule has 0 saturated carbocycles. The van der Waals surface area contributed by atoms with Gasteiger partial charge < -0.3 is 9.31 Å². The van der Waals surface area contributed by atoms with E-state index in [4.69, 9.17) is 9.31 Å². The predicted octanol–water partition coefficient (Wildman–Crippen LogP) is 1.64. The van der Waals surface area contributed by atoms with Crippen molar-refractivity contribution in [3.8, 4) is 0 Å². The van der Waals surface area contributed by atoms with E-state index >= 15 is 0 Å². The smallest absolute Gasteiger partial charge is 0.399 e. The van der Waals surface area contributed by atoms with Crippen molar-refractivity contribution in [2.75, 3.05) is 0 Å². The molecule has 94 valence electrons. The molecule has 18 heavy (non-hydrogen) atoms. The van der Waals surface area contributed by atoms with Crippen LogP contribution in [-0.4, -0.2) is 29.5 Å². The molecule has 0 aliphatic carbocycles. The summed E-state index contributed by atoms with van der Waals surface area (Å²) in [6.07, 6.45) is 4.53. The van der Waals surface area contributed by atoms with E-state index in [9.17, 15) is 0 Å². The van der Waals surface area contributed by atoms with Crippen LogP contribution in [-0.2, 0) is 15.7 Å². The summed E-state index contributed by atoms with van der Waals surface area (Å²) in [4.78, 5) is 8.72. The fraction of sp³-hybridized carbons (Fsp3) is 0.538. The van der Waals surface area contributed by atoms with Crippen molar-refractivity contribution in [3.63, 3.8) is 0 Å². The first-order valence-electron chi connectivity index (χ1n) is 6.26. The number of hydrogen-bond donors (Lipinski definition) is 0. The van der Waals surface area contributed by atoms with Crippen LogP contribution in [0.5, 0.6) is 0 Å². The summed E-state index contributed by atoms with van der Waals surface area (Å²) in [5.41, 5.74) is 2.25. The van der Waals surface area contributed by atoms with Gasteiger partial charge in [0, 0.05) is 24.3 Å². The zero-order valence-corrected chi connectivity index (χ0v) is 11.2. The quantitative estimate of drug-likeness (QED) is 0.705. The van der Waals surface area contributed by atoms with Gasteiger partial charge in [0.05, 0.1) is 22.6 Å². The molecule has 1 fully saturated rings. The average molecular weight is 244 g/mol. The van der Waals surface area contributed by atoms with Gasteiger partial charge in [0.1, 0.15) is 0 Å². The van der Waals surface area contributed by atoms with Crippen LogP contribution < -0.4 is 5.46 Å². The first-order chi connectivity index (χ1) is 8.39. The Bertz CT molecular complexity index is 510. The van der Waals surface area contributed by atoms with Gasteiger partial charge in [0.2, 0.25) is 0 Å².